The van der Waals surface area contributed by atoms with Crippen LogP contribution in [0.5, 0.6) is 0 Å². The van der Waals surface area contributed by atoms with Gasteiger partial charge in [-0.15, -0.1) is 11.3 Å². The maximum absolute atomic E-state index is 11.7. The highest BCUT2D eigenvalue weighted by atomic mass is 32.1. The lowest BCUT2D eigenvalue weighted by Gasteiger charge is -2.07. The van der Waals surface area contributed by atoms with Gasteiger partial charge in [0.15, 0.2) is 0 Å². The zero-order chi connectivity index (χ0) is 14.8. The van der Waals surface area contributed by atoms with Crippen molar-refractivity contribution in [1.82, 2.24) is 19.5 Å². The molecular formula is C14H14N4O2S. The molecule has 3 heterocycles. The Balaban J connectivity index is 1.84. The second-order valence-electron chi connectivity index (χ2n) is 4.72. The number of nitrogens with one attached hydrogen (secondary N) is 2. The molecule has 6 nitrogen and oxygen atoms in total. The van der Waals surface area contributed by atoms with Crippen LogP contribution in [0.15, 0.2) is 39.6 Å². The summed E-state index contributed by atoms with van der Waals surface area (Å²) in [7, 11) is 0. The van der Waals surface area contributed by atoms with E-state index in [4.69, 9.17) is 0 Å². The Hall–Kier alpha value is -2.41. The first-order valence-corrected chi connectivity index (χ1v) is 7.39. The maximum Gasteiger partial charge on any atom is 0.325 e. The summed E-state index contributed by atoms with van der Waals surface area (Å²) in [6.45, 7) is 2.68. The van der Waals surface area contributed by atoms with Crippen molar-refractivity contribution in [2.24, 2.45) is 0 Å². The molecule has 0 aliphatic carbocycles. The van der Waals surface area contributed by atoms with Crippen molar-refractivity contribution in [3.8, 4) is 10.7 Å². The smallest absolute Gasteiger partial charge is 0.325 e. The third kappa shape index (κ3) is 2.73. The molecule has 0 atom stereocenters. The molecule has 0 radical (unpaired) electrons. The number of hydrogen-bond donors (Lipinski definition) is 2. The van der Waals surface area contributed by atoms with Crippen LogP contribution in [-0.2, 0) is 13.0 Å². The van der Waals surface area contributed by atoms with E-state index in [2.05, 4.69) is 27.9 Å². The highest BCUT2D eigenvalue weighted by molar-refractivity contribution is 7.13. The van der Waals surface area contributed by atoms with E-state index in [1.54, 1.807) is 17.5 Å². The largest absolute Gasteiger partial charge is 0.330 e. The van der Waals surface area contributed by atoms with E-state index in [1.807, 2.05) is 16.1 Å². The maximum atomic E-state index is 11.7. The number of aromatic nitrogens is 4. The van der Waals surface area contributed by atoms with Gasteiger partial charge in [0.1, 0.15) is 5.82 Å². The van der Waals surface area contributed by atoms with Crippen LogP contribution in [0, 0.1) is 6.92 Å². The van der Waals surface area contributed by atoms with Crippen molar-refractivity contribution in [3.63, 3.8) is 0 Å². The summed E-state index contributed by atoms with van der Waals surface area (Å²) in [5.74, 6) is 0.906. The van der Waals surface area contributed by atoms with Crippen molar-refractivity contribution >= 4 is 11.3 Å². The first-order valence-electron chi connectivity index (χ1n) is 6.51. The number of H-pyrrole nitrogens is 2. The van der Waals surface area contributed by atoms with Gasteiger partial charge in [-0.3, -0.25) is 9.78 Å². The molecule has 3 rings (SSSR count). The zero-order valence-corrected chi connectivity index (χ0v) is 12.2. The lowest BCUT2D eigenvalue weighted by Crippen LogP contribution is -2.25. The fourth-order valence-corrected chi connectivity index (χ4v) is 3.10. The van der Waals surface area contributed by atoms with Gasteiger partial charge in [0.2, 0.25) is 0 Å². The Morgan fingerprint density at radius 1 is 1.38 bits per heavy atom. The van der Waals surface area contributed by atoms with Gasteiger partial charge in [-0.2, -0.15) is 0 Å². The summed E-state index contributed by atoms with van der Waals surface area (Å²) >= 11 is 1.65. The molecular weight excluding hydrogens is 288 g/mol. The highest BCUT2D eigenvalue weighted by Gasteiger charge is 2.10. The van der Waals surface area contributed by atoms with Crippen LogP contribution in [0.2, 0.25) is 0 Å². The highest BCUT2D eigenvalue weighted by Crippen LogP contribution is 2.27. The summed E-state index contributed by atoms with van der Waals surface area (Å²) in [6.07, 6.45) is 5.65. The van der Waals surface area contributed by atoms with E-state index in [9.17, 15) is 9.59 Å². The lowest BCUT2D eigenvalue weighted by molar-refractivity contribution is 0.695. The van der Waals surface area contributed by atoms with Gasteiger partial charge in [-0.1, -0.05) is 0 Å². The number of hydrogen-bond acceptors (Lipinski definition) is 4. The van der Waals surface area contributed by atoms with Gasteiger partial charge in [0.25, 0.3) is 5.56 Å². The normalized spacial score (nSPS) is 10.9. The number of aromatic amines is 2. The quantitative estimate of drug-likeness (QED) is 0.767. The molecule has 2 N–H and O–H groups in total. The van der Waals surface area contributed by atoms with Crippen LogP contribution in [0.25, 0.3) is 10.7 Å². The molecule has 0 spiro atoms. The van der Waals surface area contributed by atoms with E-state index in [0.29, 0.717) is 18.5 Å². The molecule has 0 saturated heterocycles. The minimum absolute atomic E-state index is 0.340. The summed E-state index contributed by atoms with van der Waals surface area (Å²) in [4.78, 5) is 32.9. The van der Waals surface area contributed by atoms with Crippen LogP contribution in [0.3, 0.4) is 0 Å². The Morgan fingerprint density at radius 3 is 2.95 bits per heavy atom. The van der Waals surface area contributed by atoms with Crippen LogP contribution >= 0.6 is 11.3 Å². The zero-order valence-electron chi connectivity index (χ0n) is 11.4. The van der Waals surface area contributed by atoms with Crippen molar-refractivity contribution in [1.29, 1.82) is 0 Å². The van der Waals surface area contributed by atoms with Gasteiger partial charge in [0, 0.05) is 30.7 Å². The van der Waals surface area contributed by atoms with Gasteiger partial charge in [-0.05, 0) is 30.4 Å². The molecule has 0 aliphatic rings. The summed E-state index contributed by atoms with van der Waals surface area (Å²) < 4.78 is 2.02. The van der Waals surface area contributed by atoms with E-state index < -0.39 is 5.69 Å². The Bertz CT molecular complexity index is 871. The number of thiophene rings is 1. The molecule has 0 amide bonds. The lowest BCUT2D eigenvalue weighted by atomic mass is 10.2. The molecule has 108 valence electrons. The topological polar surface area (TPSA) is 83.5 Å². The molecule has 3 aromatic rings. The molecule has 0 aliphatic heterocycles. The molecule has 3 aromatic heterocycles. The van der Waals surface area contributed by atoms with E-state index in [-0.39, 0.29) is 5.56 Å². The average Bonchev–Trinajstić information content (AvgIpc) is 3.06. The molecule has 0 bridgehead atoms. The van der Waals surface area contributed by atoms with Gasteiger partial charge in [-0.25, -0.2) is 9.78 Å². The number of imidazole rings is 1. The Kier molecular flexibility index (Phi) is 3.57. The van der Waals surface area contributed by atoms with Crippen LogP contribution in [0.1, 0.15) is 11.1 Å². The molecule has 21 heavy (non-hydrogen) atoms. The molecule has 0 aromatic carbocycles. The third-order valence-corrected chi connectivity index (χ3v) is 4.31. The summed E-state index contributed by atoms with van der Waals surface area (Å²) in [5, 5.41) is 2.04. The minimum Gasteiger partial charge on any atom is -0.330 e. The molecule has 7 heteroatoms. The first-order chi connectivity index (χ1) is 10.1. The summed E-state index contributed by atoms with van der Waals surface area (Å²) in [5.41, 5.74) is 0.917. The average molecular weight is 302 g/mol. The number of aryl methyl sites for hydroxylation is 3. The standard InChI is InChI=1S/C14H14N4O2S/c1-9-3-7-21-11(9)12-15-4-6-18(12)5-2-10-8-16-14(20)17-13(10)19/h3-4,6-8H,2,5H2,1H3,(H2,16,17,19,20). The van der Waals surface area contributed by atoms with Crippen molar-refractivity contribution in [2.45, 2.75) is 19.9 Å². The van der Waals surface area contributed by atoms with Gasteiger partial charge < -0.3 is 9.55 Å². The van der Waals surface area contributed by atoms with Crippen LogP contribution in [0.4, 0.5) is 0 Å². The predicted octanol–water partition coefficient (Wildman–Crippen LogP) is 1.54. The third-order valence-electron chi connectivity index (χ3n) is 3.30. The molecule has 0 fully saturated rings. The second kappa shape index (κ2) is 5.53. The van der Waals surface area contributed by atoms with Crippen LogP contribution in [-0.4, -0.2) is 19.5 Å². The van der Waals surface area contributed by atoms with Gasteiger partial charge in [0.05, 0.1) is 4.88 Å². The van der Waals surface area contributed by atoms with E-state index in [0.717, 1.165) is 10.7 Å². The van der Waals surface area contributed by atoms with E-state index >= 15 is 0 Å². The molecule has 0 unspecified atom stereocenters. The predicted molar refractivity (Wildman–Crippen MR) is 81.7 cm³/mol. The van der Waals surface area contributed by atoms with Crippen molar-refractivity contribution in [3.05, 3.63) is 62.0 Å². The van der Waals surface area contributed by atoms with Crippen molar-refractivity contribution in [2.75, 3.05) is 0 Å². The van der Waals surface area contributed by atoms with Gasteiger partial charge >= 0.3 is 5.69 Å². The van der Waals surface area contributed by atoms with E-state index in [1.165, 1.54) is 11.8 Å². The Morgan fingerprint density at radius 2 is 2.24 bits per heavy atom. The number of nitrogens with zero attached hydrogens (tertiary/aromatic N) is 2. The fraction of sp³-hybridized carbons (Fsp3) is 0.214. The van der Waals surface area contributed by atoms with Crippen molar-refractivity contribution < 1.29 is 0 Å². The summed E-state index contributed by atoms with van der Waals surface area (Å²) in [6, 6.07) is 2.06. The Labute approximate surface area is 124 Å². The first kappa shape index (κ1) is 13.6. The second-order valence-corrected chi connectivity index (χ2v) is 5.64. The molecule has 0 saturated carbocycles. The number of rotatable bonds is 4. The monoisotopic (exact) mass is 302 g/mol. The van der Waals surface area contributed by atoms with Crippen LogP contribution < -0.4 is 11.2 Å². The SMILES string of the molecule is Cc1ccsc1-c1nccn1CCc1c[nH]c(=O)[nH]c1=O. The minimum atomic E-state index is -0.485. The fourth-order valence-electron chi connectivity index (χ4n) is 2.16.